The summed E-state index contributed by atoms with van der Waals surface area (Å²) in [4.78, 5) is 39.5. The Morgan fingerprint density at radius 3 is 2.50 bits per heavy atom. The van der Waals surface area contributed by atoms with E-state index in [0.29, 0.717) is 11.4 Å². The number of rotatable bonds is 5. The maximum absolute atomic E-state index is 12.8. The first kappa shape index (κ1) is 19.9. The Kier molecular flexibility index (Phi) is 6.04. The second-order valence-corrected chi connectivity index (χ2v) is 8.06. The van der Waals surface area contributed by atoms with Crippen LogP contribution in [0.15, 0.2) is 53.4 Å². The minimum atomic E-state index is -0.993. The molecule has 1 aliphatic heterocycles. The highest BCUT2D eigenvalue weighted by atomic mass is 32.2. The summed E-state index contributed by atoms with van der Waals surface area (Å²) >= 11 is 1.38. The number of ether oxygens (including phenoxy) is 1. The van der Waals surface area contributed by atoms with E-state index in [2.05, 4.69) is 5.32 Å². The van der Waals surface area contributed by atoms with Crippen molar-refractivity contribution in [3.05, 3.63) is 54.1 Å². The lowest BCUT2D eigenvalue weighted by atomic mass is 10.1. The number of esters is 1. The SMILES string of the molecule is Cc1ccc(S[C@H](C)C(=O)O[C@H](C)C(=O)N2CC(=O)Nc3ccccc32)cc1. The van der Waals surface area contributed by atoms with Crippen molar-refractivity contribution >= 4 is 40.9 Å². The smallest absolute Gasteiger partial charge is 0.319 e. The zero-order chi connectivity index (χ0) is 20.3. The van der Waals surface area contributed by atoms with Crippen molar-refractivity contribution in [1.29, 1.82) is 0 Å². The normalized spacial score (nSPS) is 15.2. The molecule has 2 atom stereocenters. The molecule has 0 saturated carbocycles. The predicted molar refractivity (Wildman–Crippen MR) is 109 cm³/mol. The fourth-order valence-corrected chi connectivity index (χ4v) is 3.69. The second-order valence-electron chi connectivity index (χ2n) is 6.64. The van der Waals surface area contributed by atoms with Gasteiger partial charge in [-0.2, -0.15) is 0 Å². The number of nitrogens with one attached hydrogen (secondary N) is 1. The molecule has 146 valence electrons. The van der Waals surface area contributed by atoms with Crippen LogP contribution >= 0.6 is 11.8 Å². The van der Waals surface area contributed by atoms with Crippen LogP contribution in [0.3, 0.4) is 0 Å². The van der Waals surface area contributed by atoms with Crippen LogP contribution in [0.1, 0.15) is 19.4 Å². The first-order valence-corrected chi connectivity index (χ1v) is 9.87. The summed E-state index contributed by atoms with van der Waals surface area (Å²) in [6.07, 6.45) is -0.993. The van der Waals surface area contributed by atoms with Crippen LogP contribution in [0.4, 0.5) is 11.4 Å². The van der Waals surface area contributed by atoms with Crippen molar-refractivity contribution < 1.29 is 19.1 Å². The van der Waals surface area contributed by atoms with Gasteiger partial charge >= 0.3 is 5.97 Å². The van der Waals surface area contributed by atoms with Gasteiger partial charge in [0.05, 0.1) is 11.4 Å². The molecule has 1 heterocycles. The number of nitrogens with zero attached hydrogens (tertiary/aromatic N) is 1. The van der Waals surface area contributed by atoms with Crippen LogP contribution in [-0.4, -0.2) is 35.7 Å². The third kappa shape index (κ3) is 4.54. The van der Waals surface area contributed by atoms with E-state index in [1.165, 1.54) is 23.6 Å². The standard InChI is InChI=1S/C21H22N2O4S/c1-13-8-10-16(11-9-13)28-15(3)21(26)27-14(2)20(25)23-12-19(24)22-17-6-4-5-7-18(17)23/h4-11,14-15H,12H2,1-3H3,(H,22,24)/t14-,15-/m1/s1. The van der Waals surface area contributed by atoms with Gasteiger partial charge in [-0.15, -0.1) is 11.8 Å². The summed E-state index contributed by atoms with van der Waals surface area (Å²) in [5, 5.41) is 2.27. The minimum Gasteiger partial charge on any atom is -0.452 e. The highest BCUT2D eigenvalue weighted by molar-refractivity contribution is 8.00. The van der Waals surface area contributed by atoms with Gasteiger partial charge < -0.3 is 10.1 Å². The van der Waals surface area contributed by atoms with Gasteiger partial charge in [0.2, 0.25) is 5.91 Å². The van der Waals surface area contributed by atoms with Gasteiger partial charge in [-0.05, 0) is 45.0 Å². The maximum Gasteiger partial charge on any atom is 0.319 e. The van der Waals surface area contributed by atoms with Crippen molar-refractivity contribution in [2.24, 2.45) is 0 Å². The van der Waals surface area contributed by atoms with Crippen molar-refractivity contribution in [3.63, 3.8) is 0 Å². The van der Waals surface area contributed by atoms with Gasteiger partial charge in [-0.25, -0.2) is 0 Å². The van der Waals surface area contributed by atoms with Gasteiger partial charge in [0.25, 0.3) is 5.91 Å². The topological polar surface area (TPSA) is 75.7 Å². The third-order valence-corrected chi connectivity index (χ3v) is 5.43. The molecule has 3 rings (SSSR count). The van der Waals surface area contributed by atoms with Crippen molar-refractivity contribution in [3.8, 4) is 0 Å². The number of benzene rings is 2. The highest BCUT2D eigenvalue weighted by Crippen LogP contribution is 2.30. The highest BCUT2D eigenvalue weighted by Gasteiger charge is 2.32. The molecular weight excluding hydrogens is 376 g/mol. The molecule has 28 heavy (non-hydrogen) atoms. The molecule has 0 unspecified atom stereocenters. The largest absolute Gasteiger partial charge is 0.452 e. The van der Waals surface area contributed by atoms with E-state index in [4.69, 9.17) is 4.74 Å². The fourth-order valence-electron chi connectivity index (χ4n) is 2.84. The Labute approximate surface area is 168 Å². The molecule has 2 aromatic rings. The van der Waals surface area contributed by atoms with E-state index in [9.17, 15) is 14.4 Å². The summed E-state index contributed by atoms with van der Waals surface area (Å²) in [5.41, 5.74) is 2.30. The molecule has 2 aromatic carbocycles. The first-order chi connectivity index (χ1) is 13.3. The lowest BCUT2D eigenvalue weighted by molar-refractivity contribution is -0.153. The summed E-state index contributed by atoms with van der Waals surface area (Å²) in [6, 6.07) is 14.9. The van der Waals surface area contributed by atoms with Crippen LogP contribution in [0.25, 0.3) is 0 Å². The molecule has 7 heteroatoms. The molecule has 0 bridgehead atoms. The molecule has 1 aliphatic rings. The van der Waals surface area contributed by atoms with E-state index >= 15 is 0 Å². The summed E-state index contributed by atoms with van der Waals surface area (Å²) in [5.74, 6) is -1.18. The number of amides is 2. The molecule has 2 amide bonds. The Morgan fingerprint density at radius 1 is 1.11 bits per heavy atom. The quantitative estimate of drug-likeness (QED) is 0.617. The van der Waals surface area contributed by atoms with Gasteiger partial charge in [0.1, 0.15) is 11.8 Å². The number of hydrogen-bond donors (Lipinski definition) is 1. The number of fused-ring (bicyclic) bond motifs is 1. The van der Waals surface area contributed by atoms with Gasteiger partial charge in [-0.1, -0.05) is 29.8 Å². The lowest BCUT2D eigenvalue weighted by Gasteiger charge is -2.31. The molecule has 0 radical (unpaired) electrons. The molecular formula is C21H22N2O4S. The van der Waals surface area contributed by atoms with Crippen LogP contribution in [0, 0.1) is 6.92 Å². The zero-order valence-electron chi connectivity index (χ0n) is 16.0. The van der Waals surface area contributed by atoms with E-state index < -0.39 is 23.2 Å². The first-order valence-electron chi connectivity index (χ1n) is 8.99. The van der Waals surface area contributed by atoms with Gasteiger partial charge in [-0.3, -0.25) is 19.3 Å². The second kappa shape index (κ2) is 8.48. The zero-order valence-corrected chi connectivity index (χ0v) is 16.8. The number of thioether (sulfide) groups is 1. The summed E-state index contributed by atoms with van der Waals surface area (Å²) < 4.78 is 5.39. The van der Waals surface area contributed by atoms with Crippen molar-refractivity contribution in [1.82, 2.24) is 0 Å². The van der Waals surface area contributed by atoms with E-state index in [1.807, 2.05) is 31.2 Å². The number of aryl methyl sites for hydroxylation is 1. The van der Waals surface area contributed by atoms with E-state index in [-0.39, 0.29) is 12.5 Å². The monoisotopic (exact) mass is 398 g/mol. The third-order valence-electron chi connectivity index (χ3n) is 4.34. The van der Waals surface area contributed by atoms with Gasteiger partial charge in [0, 0.05) is 4.90 Å². The van der Waals surface area contributed by atoms with Gasteiger partial charge in [0.15, 0.2) is 6.10 Å². The number of para-hydroxylation sites is 2. The van der Waals surface area contributed by atoms with E-state index in [0.717, 1.165) is 10.5 Å². The van der Waals surface area contributed by atoms with Crippen LogP contribution in [-0.2, 0) is 19.1 Å². The molecule has 0 aliphatic carbocycles. The summed E-state index contributed by atoms with van der Waals surface area (Å²) in [6.45, 7) is 5.16. The summed E-state index contributed by atoms with van der Waals surface area (Å²) in [7, 11) is 0. The van der Waals surface area contributed by atoms with Crippen molar-refractivity contribution in [2.45, 2.75) is 37.0 Å². The minimum absolute atomic E-state index is 0.106. The number of carbonyl (C=O) groups is 3. The average Bonchev–Trinajstić information content (AvgIpc) is 2.68. The molecule has 6 nitrogen and oxygen atoms in total. The molecule has 1 N–H and O–H groups in total. The Hall–Kier alpha value is -2.80. The Bertz CT molecular complexity index is 898. The van der Waals surface area contributed by atoms with Crippen molar-refractivity contribution in [2.75, 3.05) is 16.8 Å². The number of anilines is 2. The average molecular weight is 398 g/mol. The maximum atomic E-state index is 12.8. The molecule has 0 saturated heterocycles. The lowest BCUT2D eigenvalue weighted by Crippen LogP contribution is -2.47. The Morgan fingerprint density at radius 2 is 1.79 bits per heavy atom. The molecule has 0 spiro atoms. The Balaban J connectivity index is 1.64. The van der Waals surface area contributed by atoms with E-state index in [1.54, 1.807) is 31.2 Å². The number of carbonyl (C=O) groups excluding carboxylic acids is 3. The van der Waals surface area contributed by atoms with Crippen LogP contribution in [0.2, 0.25) is 0 Å². The molecule has 0 fully saturated rings. The molecule has 0 aromatic heterocycles. The van der Waals surface area contributed by atoms with Crippen LogP contribution < -0.4 is 10.2 Å². The van der Waals surface area contributed by atoms with Crippen LogP contribution in [0.5, 0.6) is 0 Å². The number of hydrogen-bond acceptors (Lipinski definition) is 5. The fraction of sp³-hybridized carbons (Fsp3) is 0.286. The predicted octanol–water partition coefficient (Wildman–Crippen LogP) is 3.39.